The van der Waals surface area contributed by atoms with E-state index in [2.05, 4.69) is 56.4 Å². The highest BCUT2D eigenvalue weighted by molar-refractivity contribution is 5.91. The molecule has 2 amide bonds. The van der Waals surface area contributed by atoms with E-state index in [1.54, 1.807) is 12.1 Å². The van der Waals surface area contributed by atoms with Gasteiger partial charge >= 0.3 is 0 Å². The van der Waals surface area contributed by atoms with Crippen LogP contribution in [0.5, 0.6) is 5.75 Å². The summed E-state index contributed by atoms with van der Waals surface area (Å²) in [6, 6.07) is 17.8. The number of aryl methyl sites for hydroxylation is 1. The zero-order valence-electron chi connectivity index (χ0n) is 21.0. The first kappa shape index (κ1) is 24.6. The molecule has 1 aliphatic rings. The van der Waals surface area contributed by atoms with Crippen LogP contribution in [0.4, 0.5) is 0 Å². The Bertz CT molecular complexity index is 1180. The monoisotopic (exact) mass is 474 g/mol. The van der Waals surface area contributed by atoms with Crippen molar-refractivity contribution in [3.8, 4) is 5.75 Å². The van der Waals surface area contributed by atoms with Crippen molar-refractivity contribution in [1.29, 1.82) is 0 Å². The number of nitrogens with zero attached hydrogens (tertiary/aromatic N) is 1. The van der Waals surface area contributed by atoms with Gasteiger partial charge in [0.25, 0.3) is 5.91 Å². The smallest absolute Gasteiger partial charge is 0.286 e. The highest BCUT2D eigenvalue weighted by Crippen LogP contribution is 2.38. The van der Waals surface area contributed by atoms with E-state index in [1.807, 2.05) is 24.0 Å². The predicted octanol–water partition coefficient (Wildman–Crippen LogP) is 5.44. The Morgan fingerprint density at radius 1 is 1.11 bits per heavy atom. The number of carbonyl (C=O) groups excluding carboxylic acids is 2. The van der Waals surface area contributed by atoms with E-state index in [0.29, 0.717) is 36.9 Å². The van der Waals surface area contributed by atoms with Gasteiger partial charge in [0.1, 0.15) is 18.1 Å². The first-order valence-corrected chi connectivity index (χ1v) is 12.3. The number of benzene rings is 2. The maximum atomic E-state index is 13.2. The van der Waals surface area contributed by atoms with Gasteiger partial charge in [0, 0.05) is 19.5 Å². The van der Waals surface area contributed by atoms with Crippen molar-refractivity contribution in [2.24, 2.45) is 5.92 Å². The Hall–Kier alpha value is -3.54. The maximum absolute atomic E-state index is 13.2. The lowest BCUT2D eigenvalue weighted by Gasteiger charge is -2.38. The highest BCUT2D eigenvalue weighted by Gasteiger charge is 2.32. The summed E-state index contributed by atoms with van der Waals surface area (Å²) in [5, 5.41) is 2.73. The fourth-order valence-electron chi connectivity index (χ4n) is 4.51. The molecule has 2 aromatic carbocycles. The molecule has 1 atom stereocenters. The molecule has 184 valence electrons. The normalized spacial score (nSPS) is 15.1. The van der Waals surface area contributed by atoms with Crippen molar-refractivity contribution in [1.82, 2.24) is 10.2 Å². The SMILES string of the molecule is CCNC(=O)c1ccc(COc2ccc3c(c2)[C@@H](c2ccc(C)cc2)N(C(=O)CC(C)C)CC3)o1. The number of fused-ring (bicyclic) bond motifs is 1. The zero-order valence-corrected chi connectivity index (χ0v) is 21.0. The molecule has 0 bridgehead atoms. The lowest BCUT2D eigenvalue weighted by molar-refractivity contribution is -0.134. The summed E-state index contributed by atoms with van der Waals surface area (Å²) in [6.45, 7) is 9.54. The molecule has 3 aromatic rings. The van der Waals surface area contributed by atoms with Gasteiger partial charge in [0.2, 0.25) is 5.91 Å². The molecule has 0 spiro atoms. The van der Waals surface area contributed by atoms with Gasteiger partial charge in [-0.3, -0.25) is 9.59 Å². The summed E-state index contributed by atoms with van der Waals surface area (Å²) >= 11 is 0. The van der Waals surface area contributed by atoms with Crippen LogP contribution < -0.4 is 10.1 Å². The van der Waals surface area contributed by atoms with Crippen LogP contribution in [0.3, 0.4) is 0 Å². The van der Waals surface area contributed by atoms with Crippen molar-refractivity contribution in [3.05, 3.63) is 88.4 Å². The third-order valence-corrected chi connectivity index (χ3v) is 6.25. The first-order valence-electron chi connectivity index (χ1n) is 12.3. The van der Waals surface area contributed by atoms with Gasteiger partial charge in [-0.1, -0.05) is 49.7 Å². The summed E-state index contributed by atoms with van der Waals surface area (Å²) in [6.07, 6.45) is 1.34. The number of nitrogens with one attached hydrogen (secondary N) is 1. The van der Waals surface area contributed by atoms with E-state index in [1.165, 1.54) is 11.1 Å². The van der Waals surface area contributed by atoms with E-state index in [9.17, 15) is 9.59 Å². The molecule has 0 saturated heterocycles. The van der Waals surface area contributed by atoms with Gasteiger partial charge in [0.05, 0.1) is 6.04 Å². The lowest BCUT2D eigenvalue weighted by atomic mass is 9.87. The quantitative estimate of drug-likeness (QED) is 0.472. The second kappa shape index (κ2) is 10.8. The van der Waals surface area contributed by atoms with Crippen LogP contribution in [-0.4, -0.2) is 29.8 Å². The number of ether oxygens (including phenoxy) is 1. The minimum atomic E-state index is -0.236. The van der Waals surface area contributed by atoms with E-state index in [4.69, 9.17) is 9.15 Å². The summed E-state index contributed by atoms with van der Waals surface area (Å²) in [5.74, 6) is 1.79. The third kappa shape index (κ3) is 5.76. The van der Waals surface area contributed by atoms with Crippen molar-refractivity contribution in [2.75, 3.05) is 13.1 Å². The second-order valence-electron chi connectivity index (χ2n) is 9.52. The number of carbonyl (C=O) groups is 2. The average Bonchev–Trinajstić information content (AvgIpc) is 3.31. The molecule has 0 saturated carbocycles. The van der Waals surface area contributed by atoms with Gasteiger partial charge in [-0.2, -0.15) is 0 Å². The molecule has 0 aliphatic carbocycles. The largest absolute Gasteiger partial charge is 0.486 e. The Morgan fingerprint density at radius 3 is 2.60 bits per heavy atom. The molecule has 2 heterocycles. The van der Waals surface area contributed by atoms with Crippen molar-refractivity contribution in [2.45, 2.75) is 53.2 Å². The molecular formula is C29H34N2O4. The fourth-order valence-corrected chi connectivity index (χ4v) is 4.51. The molecular weight excluding hydrogens is 440 g/mol. The van der Waals surface area contributed by atoms with Crippen LogP contribution in [0.15, 0.2) is 59.0 Å². The molecule has 6 heteroatoms. The Kier molecular flexibility index (Phi) is 7.59. The highest BCUT2D eigenvalue weighted by atomic mass is 16.5. The van der Waals surface area contributed by atoms with Gasteiger partial charge in [-0.05, 0) is 67.1 Å². The van der Waals surface area contributed by atoms with Crippen LogP contribution in [0.25, 0.3) is 0 Å². The minimum Gasteiger partial charge on any atom is -0.486 e. The van der Waals surface area contributed by atoms with Gasteiger partial charge in [-0.25, -0.2) is 0 Å². The summed E-state index contributed by atoms with van der Waals surface area (Å²) in [4.78, 5) is 27.2. The average molecular weight is 475 g/mol. The van der Waals surface area contributed by atoms with Gasteiger partial charge < -0.3 is 19.4 Å². The number of hydrogen-bond acceptors (Lipinski definition) is 4. The van der Waals surface area contributed by atoms with Gasteiger partial charge in [0.15, 0.2) is 5.76 Å². The predicted molar refractivity (Wildman–Crippen MR) is 135 cm³/mol. The van der Waals surface area contributed by atoms with Crippen LogP contribution in [0, 0.1) is 12.8 Å². The Morgan fingerprint density at radius 2 is 1.89 bits per heavy atom. The molecule has 0 radical (unpaired) electrons. The van der Waals surface area contributed by atoms with E-state index >= 15 is 0 Å². The third-order valence-electron chi connectivity index (χ3n) is 6.25. The maximum Gasteiger partial charge on any atom is 0.286 e. The van der Waals surface area contributed by atoms with Crippen molar-refractivity contribution >= 4 is 11.8 Å². The first-order chi connectivity index (χ1) is 16.9. The minimum absolute atomic E-state index is 0.151. The Labute approximate surface area is 207 Å². The number of amides is 2. The zero-order chi connectivity index (χ0) is 24.9. The topological polar surface area (TPSA) is 71.8 Å². The molecule has 6 nitrogen and oxygen atoms in total. The number of furan rings is 1. The number of hydrogen-bond donors (Lipinski definition) is 1. The van der Waals surface area contributed by atoms with E-state index in [-0.39, 0.29) is 30.2 Å². The molecule has 0 unspecified atom stereocenters. The van der Waals surface area contributed by atoms with Crippen LogP contribution in [-0.2, 0) is 17.8 Å². The molecule has 1 N–H and O–H groups in total. The van der Waals surface area contributed by atoms with Crippen LogP contribution in [0.1, 0.15) is 71.8 Å². The summed E-state index contributed by atoms with van der Waals surface area (Å²) in [5.41, 5.74) is 4.61. The summed E-state index contributed by atoms with van der Waals surface area (Å²) in [7, 11) is 0. The van der Waals surface area contributed by atoms with E-state index in [0.717, 1.165) is 17.5 Å². The summed E-state index contributed by atoms with van der Waals surface area (Å²) < 4.78 is 11.7. The molecule has 1 aliphatic heterocycles. The van der Waals surface area contributed by atoms with Crippen molar-refractivity contribution < 1.29 is 18.7 Å². The standard InChI is InChI=1S/C29H34N2O4/c1-5-30-29(33)26-13-12-24(35-26)18-34-23-11-10-21-14-15-31(27(32)16-19(2)3)28(25(21)17-23)22-8-6-20(4)7-9-22/h6-13,17,19,28H,5,14-16,18H2,1-4H3,(H,30,33)/t28-/m1/s1. The molecule has 0 fully saturated rings. The lowest BCUT2D eigenvalue weighted by Crippen LogP contribution is -2.41. The molecule has 35 heavy (non-hydrogen) atoms. The van der Waals surface area contributed by atoms with Crippen molar-refractivity contribution in [3.63, 3.8) is 0 Å². The second-order valence-corrected chi connectivity index (χ2v) is 9.52. The van der Waals surface area contributed by atoms with Crippen LogP contribution >= 0.6 is 0 Å². The Balaban J connectivity index is 1.59. The molecule has 1 aromatic heterocycles. The van der Waals surface area contributed by atoms with E-state index < -0.39 is 0 Å². The fraction of sp³-hybridized carbons (Fsp3) is 0.379. The molecule has 4 rings (SSSR count). The number of rotatable bonds is 8. The van der Waals surface area contributed by atoms with Gasteiger partial charge in [-0.15, -0.1) is 0 Å². The van der Waals surface area contributed by atoms with Crippen LogP contribution in [0.2, 0.25) is 0 Å².